The summed E-state index contributed by atoms with van der Waals surface area (Å²) in [5.41, 5.74) is -4.14. The minimum absolute atomic E-state index is 0.180. The lowest BCUT2D eigenvalue weighted by atomic mass is 10.0. The summed E-state index contributed by atoms with van der Waals surface area (Å²) in [6.07, 6.45) is -1.44. The molecule has 0 amide bonds. The Hall–Kier alpha value is -11.0. The van der Waals surface area contributed by atoms with Crippen LogP contribution in [0, 0.1) is 0 Å². The van der Waals surface area contributed by atoms with E-state index < -0.39 is 159 Å². The van der Waals surface area contributed by atoms with Crippen molar-refractivity contribution in [3.05, 3.63) is 288 Å². The monoisotopic (exact) mass is 1520 g/mol. The van der Waals surface area contributed by atoms with Gasteiger partial charge in [-0.2, -0.15) is 0 Å². The van der Waals surface area contributed by atoms with Gasteiger partial charge in [0.1, 0.15) is 23.0 Å². The van der Waals surface area contributed by atoms with Crippen molar-refractivity contribution in [2.45, 2.75) is 65.8 Å². The minimum Gasteiger partial charge on any atom is -0.439 e. The molecule has 4 atom stereocenters. The summed E-state index contributed by atoms with van der Waals surface area (Å²) in [6.45, 7) is -4.18. The number of fused-ring (bicyclic) bond motifs is 12. The zero-order valence-corrected chi connectivity index (χ0v) is 61.1. The van der Waals surface area contributed by atoms with Gasteiger partial charge in [0, 0.05) is 55.0 Å². The molecule has 3 aromatic heterocycles. The maximum Gasteiger partial charge on any atom is 0.336 e. The highest BCUT2D eigenvalue weighted by atomic mass is 31.2. The van der Waals surface area contributed by atoms with Crippen LogP contribution in [0.5, 0.6) is 23.0 Å². The van der Waals surface area contributed by atoms with E-state index in [2.05, 4.69) is 0 Å². The predicted molar refractivity (Wildman–Crippen MR) is 403 cm³/mol. The largest absolute Gasteiger partial charge is 0.439 e. The second-order valence-corrected chi connectivity index (χ2v) is 35.6. The van der Waals surface area contributed by atoms with E-state index in [9.17, 15) is 43.2 Å². The molecule has 7 heterocycles. The van der Waals surface area contributed by atoms with Crippen molar-refractivity contribution in [3.63, 3.8) is 0 Å². The molecule has 0 spiro atoms. The standard InChI is InChI=1S/C75H69N9O19P4/c1-2-76-67(85)77(35-43-98-45-37-79-70(88)81(39-47-104(94)63-31-15-7-23-55(63)51-19-3-11-27-59(51)100-104)74(92)82(71(79)89)40-48-105(95)64-32-16-8-24-56(64)52-20-4-12-28-60(52)101-105)69(87)78(68(76)86)36-44-99-46-38-80-72(90)83(41-49-106(96)65-33-17-9-25-57(65)53-21-5-13-29-61(53)102-106)75(93)84(73(80)91)42-50-107(97)66-34-18-10-26-58(66)54-22-6-14-30-62(54)103-107/h3-34H,2,35-50H2,1H3. The molecule has 28 nitrogen and oxygen atoms in total. The van der Waals surface area contributed by atoms with Crippen LogP contribution in [0.4, 0.5) is 0 Å². The van der Waals surface area contributed by atoms with Crippen LogP contribution in [-0.4, -0.2) is 92.2 Å². The molecule has 4 aliphatic rings. The highest BCUT2D eigenvalue weighted by Gasteiger charge is 2.41. The molecule has 548 valence electrons. The maximum atomic E-state index is 15.0. The number of ether oxygens (including phenoxy) is 2. The summed E-state index contributed by atoms with van der Waals surface area (Å²) in [5, 5.41) is 1.48. The molecule has 0 saturated heterocycles. The van der Waals surface area contributed by atoms with Crippen LogP contribution in [0.15, 0.2) is 237 Å². The van der Waals surface area contributed by atoms with E-state index in [0.717, 1.165) is 41.1 Å². The van der Waals surface area contributed by atoms with Crippen LogP contribution < -0.4 is 90.5 Å². The Balaban J connectivity index is 0.654. The summed E-state index contributed by atoms with van der Waals surface area (Å²) in [6, 6.07) is 55.8. The first-order valence-corrected chi connectivity index (χ1v) is 41.9. The van der Waals surface area contributed by atoms with E-state index in [1.807, 2.05) is 48.5 Å². The summed E-state index contributed by atoms with van der Waals surface area (Å²) in [4.78, 5) is 129. The van der Waals surface area contributed by atoms with Crippen LogP contribution in [0.1, 0.15) is 6.92 Å². The molecular formula is C75H69N9O19P4. The van der Waals surface area contributed by atoms with E-state index in [-0.39, 0.29) is 31.2 Å². The fraction of sp³-hybridized carbons (Fsp3) is 0.240. The Kier molecular flexibility index (Phi) is 19.5. The number of nitrogens with zero attached hydrogens (tertiary/aromatic N) is 9. The fourth-order valence-electron chi connectivity index (χ4n) is 14.2. The van der Waals surface area contributed by atoms with Gasteiger partial charge in [-0.3, -0.25) is 18.3 Å². The highest BCUT2D eigenvalue weighted by molar-refractivity contribution is 7.69. The van der Waals surface area contributed by atoms with Crippen molar-refractivity contribution in [3.8, 4) is 67.5 Å². The lowest BCUT2D eigenvalue weighted by molar-refractivity contribution is 0.108. The van der Waals surface area contributed by atoms with E-state index in [4.69, 9.17) is 27.6 Å². The van der Waals surface area contributed by atoms with Crippen molar-refractivity contribution in [1.29, 1.82) is 0 Å². The molecule has 0 aliphatic carbocycles. The Morgan fingerprint density at radius 3 is 0.636 bits per heavy atom. The Labute approximate surface area is 607 Å². The fourth-order valence-corrected chi connectivity index (χ4v) is 23.2. The third-order valence-electron chi connectivity index (χ3n) is 19.6. The van der Waals surface area contributed by atoms with Gasteiger partial charge in [0.15, 0.2) is 0 Å². The second kappa shape index (κ2) is 29.1. The Morgan fingerprint density at radius 2 is 0.421 bits per heavy atom. The summed E-state index contributed by atoms with van der Waals surface area (Å²) in [7, 11) is -15.5. The molecular weight excluding hydrogens is 1450 g/mol. The summed E-state index contributed by atoms with van der Waals surface area (Å²) < 4.78 is 104. The van der Waals surface area contributed by atoms with Crippen molar-refractivity contribution in [2.24, 2.45) is 0 Å². The van der Waals surface area contributed by atoms with E-state index in [1.54, 1.807) is 146 Å². The zero-order chi connectivity index (χ0) is 74.5. The van der Waals surface area contributed by atoms with E-state index in [0.29, 0.717) is 88.7 Å². The second-order valence-electron chi connectivity index (χ2n) is 25.7. The van der Waals surface area contributed by atoms with Gasteiger partial charge in [-0.05, 0) is 77.7 Å². The van der Waals surface area contributed by atoms with Gasteiger partial charge in [-0.15, -0.1) is 0 Å². The minimum atomic E-state index is -3.87. The van der Waals surface area contributed by atoms with Crippen LogP contribution in [0.3, 0.4) is 0 Å². The molecule has 4 aliphatic heterocycles. The molecule has 4 unspecified atom stereocenters. The lowest BCUT2D eigenvalue weighted by Gasteiger charge is -2.29. The van der Waals surface area contributed by atoms with Gasteiger partial charge in [-0.25, -0.2) is 84.3 Å². The molecule has 107 heavy (non-hydrogen) atoms. The normalized spacial score (nSPS) is 18.3. The first kappa shape index (κ1) is 71.6. The van der Waals surface area contributed by atoms with Crippen LogP contribution in [-0.2, 0) is 86.6 Å². The molecule has 0 saturated carbocycles. The Bertz CT molecular complexity index is 5570. The number of hydrogen-bond acceptors (Lipinski definition) is 19. The van der Waals surface area contributed by atoms with Gasteiger partial charge in [0.2, 0.25) is 0 Å². The SMILES string of the molecule is CCn1c(=O)n(CCOCCn2c(=O)n(CCP3(=O)Oc4ccccc4-c4ccccc43)c(=O)n(CCP3(=O)Oc4ccccc4-c4ccccc43)c2=O)c(=O)n(CCOCCn2c(=O)n(CCP3(=O)Oc4ccccc4-c4ccccc43)c(=O)n(CCP3(=O)Oc4ccccc4-c4ccccc43)c2=O)c1=O. The highest BCUT2D eigenvalue weighted by Crippen LogP contribution is 2.58. The van der Waals surface area contributed by atoms with Gasteiger partial charge >= 0.3 is 51.2 Å². The van der Waals surface area contributed by atoms with Gasteiger partial charge in [0.05, 0.1) is 98.5 Å². The molecule has 8 aromatic carbocycles. The topological polar surface area (TPSA) is 322 Å². The van der Waals surface area contributed by atoms with Gasteiger partial charge in [0.25, 0.3) is 29.5 Å². The van der Waals surface area contributed by atoms with Crippen LogP contribution >= 0.6 is 29.5 Å². The molecule has 11 aromatic rings. The van der Waals surface area contributed by atoms with Gasteiger partial charge in [-0.1, -0.05) is 146 Å². The number of rotatable bonds is 25. The molecule has 0 bridgehead atoms. The number of benzene rings is 8. The molecule has 0 fully saturated rings. The molecule has 0 radical (unpaired) electrons. The quantitative estimate of drug-likeness (QED) is 0.0451. The first-order valence-electron chi connectivity index (χ1n) is 34.6. The average Bonchev–Trinajstić information content (AvgIpc) is 0.759. The Morgan fingerprint density at radius 1 is 0.243 bits per heavy atom. The first-order chi connectivity index (χ1) is 51.7. The summed E-state index contributed by atoms with van der Waals surface area (Å²) >= 11 is 0. The van der Waals surface area contributed by atoms with Crippen molar-refractivity contribution >= 4 is 50.7 Å². The smallest absolute Gasteiger partial charge is 0.336 e. The van der Waals surface area contributed by atoms with Crippen molar-refractivity contribution in [2.75, 3.05) is 51.1 Å². The number of para-hydroxylation sites is 4. The summed E-state index contributed by atoms with van der Waals surface area (Å²) in [5.74, 6) is 1.35. The number of hydrogen-bond donors (Lipinski definition) is 0. The lowest BCUT2D eigenvalue weighted by Crippen LogP contribution is -2.56. The van der Waals surface area contributed by atoms with Crippen LogP contribution in [0.2, 0.25) is 0 Å². The van der Waals surface area contributed by atoms with Crippen molar-refractivity contribution in [1.82, 2.24) is 41.1 Å². The maximum absolute atomic E-state index is 15.0. The third kappa shape index (κ3) is 13.1. The number of aromatic nitrogens is 9. The molecule has 32 heteroatoms. The van der Waals surface area contributed by atoms with E-state index >= 15 is 18.3 Å². The average molecular weight is 1520 g/mol. The zero-order valence-electron chi connectivity index (χ0n) is 57.6. The molecule has 0 N–H and O–H groups in total. The van der Waals surface area contributed by atoms with E-state index in [1.165, 1.54) is 6.92 Å². The third-order valence-corrected chi connectivity index (χ3v) is 29.2. The predicted octanol–water partition coefficient (Wildman–Crippen LogP) is 6.25. The van der Waals surface area contributed by atoms with Crippen molar-refractivity contribution < 1.29 is 45.8 Å². The van der Waals surface area contributed by atoms with Crippen LogP contribution in [0.25, 0.3) is 44.5 Å². The van der Waals surface area contributed by atoms with Gasteiger partial charge < -0.3 is 27.6 Å². The molecule has 15 rings (SSSR count).